The number of aromatic nitrogens is 4. The van der Waals surface area contributed by atoms with Crippen molar-refractivity contribution in [1.29, 1.82) is 0 Å². The number of pyridine rings is 1. The molecular formula is C18H23N5O2. The third-order valence-corrected chi connectivity index (χ3v) is 5.30. The summed E-state index contributed by atoms with van der Waals surface area (Å²) in [7, 11) is 0. The summed E-state index contributed by atoms with van der Waals surface area (Å²) < 4.78 is 2.09. The highest BCUT2D eigenvalue weighted by atomic mass is 16.3. The smallest absolute Gasteiger partial charge is 0.256 e. The van der Waals surface area contributed by atoms with Gasteiger partial charge in [-0.15, -0.1) is 5.10 Å². The standard InChI is InChI=1S/C18H23N5O2/c24-17(13-4-3-9-19-12-13)18(25)22-10-7-14(8-11-22)23-16-6-2-1-5-15(16)20-21-23/h3-4,9,12,14,17,24H,1-2,5-8,10-11H2. The Morgan fingerprint density at radius 2 is 2.04 bits per heavy atom. The molecule has 25 heavy (non-hydrogen) atoms. The van der Waals surface area contributed by atoms with E-state index in [9.17, 15) is 9.90 Å². The zero-order valence-electron chi connectivity index (χ0n) is 14.2. The lowest BCUT2D eigenvalue weighted by Gasteiger charge is -2.33. The fourth-order valence-corrected chi connectivity index (χ4v) is 3.86. The monoisotopic (exact) mass is 341 g/mol. The largest absolute Gasteiger partial charge is 0.378 e. The van der Waals surface area contributed by atoms with E-state index < -0.39 is 6.10 Å². The molecular weight excluding hydrogens is 318 g/mol. The SMILES string of the molecule is O=C(C(O)c1cccnc1)N1CCC(n2nnc3c2CCCC3)CC1. The number of hydrogen-bond acceptors (Lipinski definition) is 5. The predicted octanol–water partition coefficient (Wildman–Crippen LogP) is 1.45. The van der Waals surface area contributed by atoms with Gasteiger partial charge >= 0.3 is 0 Å². The summed E-state index contributed by atoms with van der Waals surface area (Å²) in [6.45, 7) is 1.27. The normalized spacial score (nSPS) is 19.5. The van der Waals surface area contributed by atoms with Gasteiger partial charge in [-0.2, -0.15) is 0 Å². The summed E-state index contributed by atoms with van der Waals surface area (Å²) in [5.41, 5.74) is 2.98. The van der Waals surface area contributed by atoms with E-state index >= 15 is 0 Å². The number of carbonyl (C=O) groups excluding carboxylic acids is 1. The van der Waals surface area contributed by atoms with Crippen LogP contribution >= 0.6 is 0 Å². The van der Waals surface area contributed by atoms with Gasteiger partial charge in [0, 0.05) is 31.0 Å². The molecule has 1 atom stereocenters. The van der Waals surface area contributed by atoms with Crippen LogP contribution < -0.4 is 0 Å². The maximum Gasteiger partial charge on any atom is 0.256 e. The Morgan fingerprint density at radius 3 is 2.80 bits per heavy atom. The summed E-state index contributed by atoms with van der Waals surface area (Å²) in [5.74, 6) is -0.243. The molecule has 7 nitrogen and oxygen atoms in total. The first-order valence-electron chi connectivity index (χ1n) is 9.04. The van der Waals surface area contributed by atoms with Gasteiger partial charge in [0.25, 0.3) is 5.91 Å². The minimum atomic E-state index is -1.13. The maximum atomic E-state index is 12.5. The highest BCUT2D eigenvalue weighted by Gasteiger charge is 2.30. The first kappa shape index (κ1) is 16.2. The van der Waals surface area contributed by atoms with Crippen molar-refractivity contribution in [2.75, 3.05) is 13.1 Å². The van der Waals surface area contributed by atoms with Crippen molar-refractivity contribution in [3.63, 3.8) is 0 Å². The van der Waals surface area contributed by atoms with E-state index in [1.54, 1.807) is 23.2 Å². The van der Waals surface area contributed by atoms with Crippen LogP contribution in [-0.4, -0.2) is 49.0 Å². The van der Waals surface area contributed by atoms with Crippen LogP contribution in [0.5, 0.6) is 0 Å². The molecule has 1 amide bonds. The quantitative estimate of drug-likeness (QED) is 0.913. The lowest BCUT2D eigenvalue weighted by atomic mass is 9.98. The highest BCUT2D eigenvalue weighted by Crippen LogP contribution is 2.28. The Morgan fingerprint density at radius 1 is 1.24 bits per heavy atom. The van der Waals surface area contributed by atoms with Crippen molar-refractivity contribution < 1.29 is 9.90 Å². The Balaban J connectivity index is 1.40. The third kappa shape index (κ3) is 3.16. The van der Waals surface area contributed by atoms with Crippen LogP contribution in [0.25, 0.3) is 0 Å². The molecule has 132 valence electrons. The molecule has 0 aromatic carbocycles. The number of rotatable bonds is 3. The van der Waals surface area contributed by atoms with Gasteiger partial charge in [0.05, 0.1) is 17.4 Å². The van der Waals surface area contributed by atoms with Crippen molar-refractivity contribution in [3.8, 4) is 0 Å². The number of aryl methyl sites for hydroxylation is 1. The predicted molar refractivity (Wildman–Crippen MR) is 90.7 cm³/mol. The summed E-state index contributed by atoms with van der Waals surface area (Å²) in [6.07, 6.45) is 8.22. The van der Waals surface area contributed by atoms with E-state index in [1.165, 1.54) is 24.7 Å². The summed E-state index contributed by atoms with van der Waals surface area (Å²) in [4.78, 5) is 18.3. The van der Waals surface area contributed by atoms with Gasteiger partial charge in [0.2, 0.25) is 0 Å². The molecule has 1 aliphatic heterocycles. The average molecular weight is 341 g/mol. The second-order valence-corrected chi connectivity index (χ2v) is 6.88. The van der Waals surface area contributed by atoms with Crippen LogP contribution in [-0.2, 0) is 17.6 Å². The molecule has 7 heteroatoms. The molecule has 3 heterocycles. The van der Waals surface area contributed by atoms with Gasteiger partial charge in [-0.3, -0.25) is 9.78 Å². The minimum absolute atomic E-state index is 0.243. The number of amides is 1. The number of nitrogens with zero attached hydrogens (tertiary/aromatic N) is 5. The number of piperidine rings is 1. The lowest BCUT2D eigenvalue weighted by molar-refractivity contribution is -0.142. The van der Waals surface area contributed by atoms with Crippen LogP contribution in [0.3, 0.4) is 0 Å². The molecule has 0 radical (unpaired) electrons. The summed E-state index contributed by atoms with van der Waals surface area (Å²) in [6, 6.07) is 3.75. The Hall–Kier alpha value is -2.28. The number of carbonyl (C=O) groups is 1. The molecule has 1 unspecified atom stereocenters. The van der Waals surface area contributed by atoms with Gasteiger partial charge in [-0.25, -0.2) is 4.68 Å². The molecule has 2 aromatic rings. The van der Waals surface area contributed by atoms with Crippen LogP contribution in [0, 0.1) is 0 Å². The second-order valence-electron chi connectivity index (χ2n) is 6.88. The van der Waals surface area contributed by atoms with E-state index in [0.29, 0.717) is 24.7 Å². The topological polar surface area (TPSA) is 84.1 Å². The molecule has 1 N–H and O–H groups in total. The average Bonchev–Trinajstić information content (AvgIpc) is 3.12. The number of hydrogen-bond donors (Lipinski definition) is 1. The van der Waals surface area contributed by atoms with Crippen molar-refractivity contribution in [1.82, 2.24) is 24.9 Å². The van der Waals surface area contributed by atoms with Crippen LogP contribution in [0.2, 0.25) is 0 Å². The lowest BCUT2D eigenvalue weighted by Crippen LogP contribution is -2.42. The fraction of sp³-hybridized carbons (Fsp3) is 0.556. The Kier molecular flexibility index (Phi) is 4.48. The van der Waals surface area contributed by atoms with E-state index in [1.807, 2.05) is 0 Å². The first-order valence-corrected chi connectivity index (χ1v) is 9.04. The molecule has 1 saturated heterocycles. The summed E-state index contributed by atoms with van der Waals surface area (Å²) >= 11 is 0. The van der Waals surface area contributed by atoms with Crippen molar-refractivity contribution >= 4 is 5.91 Å². The number of likely N-dealkylation sites (tertiary alicyclic amines) is 1. The molecule has 0 bridgehead atoms. The van der Waals surface area contributed by atoms with E-state index in [-0.39, 0.29) is 5.91 Å². The maximum absolute atomic E-state index is 12.5. The van der Waals surface area contributed by atoms with E-state index in [2.05, 4.69) is 20.0 Å². The highest BCUT2D eigenvalue weighted by molar-refractivity contribution is 5.82. The van der Waals surface area contributed by atoms with Crippen LogP contribution in [0.1, 0.15) is 54.8 Å². The van der Waals surface area contributed by atoms with Gasteiger partial charge in [-0.1, -0.05) is 11.3 Å². The second kappa shape index (κ2) is 6.92. The van der Waals surface area contributed by atoms with Gasteiger partial charge in [0.15, 0.2) is 6.10 Å². The number of aliphatic hydroxyl groups is 1. The molecule has 1 fully saturated rings. The number of aliphatic hydroxyl groups excluding tert-OH is 1. The van der Waals surface area contributed by atoms with Crippen LogP contribution in [0.15, 0.2) is 24.5 Å². The molecule has 0 spiro atoms. The zero-order chi connectivity index (χ0) is 17.2. The Labute approximate surface area is 146 Å². The molecule has 4 rings (SSSR count). The van der Waals surface area contributed by atoms with Gasteiger partial charge in [-0.05, 0) is 44.6 Å². The first-order chi connectivity index (χ1) is 12.2. The molecule has 2 aromatic heterocycles. The van der Waals surface area contributed by atoms with E-state index in [4.69, 9.17) is 0 Å². The van der Waals surface area contributed by atoms with Gasteiger partial charge in [0.1, 0.15) is 0 Å². The van der Waals surface area contributed by atoms with Crippen molar-refractivity contribution in [2.24, 2.45) is 0 Å². The number of fused-ring (bicyclic) bond motifs is 1. The van der Waals surface area contributed by atoms with Crippen LogP contribution in [0.4, 0.5) is 0 Å². The minimum Gasteiger partial charge on any atom is -0.378 e. The summed E-state index contributed by atoms with van der Waals surface area (Å²) in [5, 5.41) is 19.0. The molecule has 2 aliphatic rings. The Bertz CT molecular complexity index is 737. The fourth-order valence-electron chi connectivity index (χ4n) is 3.86. The molecule has 0 saturated carbocycles. The van der Waals surface area contributed by atoms with Gasteiger partial charge < -0.3 is 10.0 Å². The van der Waals surface area contributed by atoms with Crippen molar-refractivity contribution in [2.45, 2.75) is 50.7 Å². The molecule has 1 aliphatic carbocycles. The van der Waals surface area contributed by atoms with Crippen molar-refractivity contribution in [3.05, 3.63) is 41.5 Å². The van der Waals surface area contributed by atoms with E-state index in [0.717, 1.165) is 31.4 Å². The third-order valence-electron chi connectivity index (χ3n) is 5.30. The zero-order valence-corrected chi connectivity index (χ0v) is 14.2.